The van der Waals surface area contributed by atoms with Crippen molar-refractivity contribution < 1.29 is 14.6 Å². The van der Waals surface area contributed by atoms with E-state index in [-0.39, 0.29) is 18.1 Å². The summed E-state index contributed by atoms with van der Waals surface area (Å²) in [5.41, 5.74) is 2.26. The van der Waals surface area contributed by atoms with Gasteiger partial charge in [0.15, 0.2) is 0 Å². The number of aliphatic hydroxyl groups excluding tert-OH is 1. The number of ether oxygens (including phenoxy) is 1. The monoisotopic (exact) mass is 338 g/mol. The van der Waals surface area contributed by atoms with E-state index in [1.54, 1.807) is 11.8 Å². The molecule has 1 aliphatic carbocycles. The molecule has 0 aromatic heterocycles. The SMILES string of the molecule is C[C@H](O)C[C@@H]1COCCN1C(=O)N[C@H]1CCc2c(Cl)cccc21. The largest absolute Gasteiger partial charge is 0.393 e. The number of morpholine rings is 1. The predicted molar refractivity (Wildman–Crippen MR) is 88.7 cm³/mol. The number of benzene rings is 1. The lowest BCUT2D eigenvalue weighted by molar-refractivity contribution is -0.00482. The highest BCUT2D eigenvalue weighted by Crippen LogP contribution is 2.35. The Morgan fingerprint density at radius 3 is 3.17 bits per heavy atom. The van der Waals surface area contributed by atoms with Crippen molar-refractivity contribution in [1.29, 1.82) is 0 Å². The van der Waals surface area contributed by atoms with Crippen molar-refractivity contribution in [2.24, 2.45) is 0 Å². The van der Waals surface area contributed by atoms with Crippen LogP contribution < -0.4 is 5.32 Å². The predicted octanol–water partition coefficient (Wildman–Crippen LogP) is 2.51. The second-order valence-corrected chi connectivity index (χ2v) is 6.76. The van der Waals surface area contributed by atoms with Crippen LogP contribution in [0.2, 0.25) is 5.02 Å². The van der Waals surface area contributed by atoms with Crippen molar-refractivity contribution in [3.63, 3.8) is 0 Å². The maximum Gasteiger partial charge on any atom is 0.318 e. The van der Waals surface area contributed by atoms with Crippen molar-refractivity contribution in [3.8, 4) is 0 Å². The topological polar surface area (TPSA) is 61.8 Å². The Kier molecular flexibility index (Phi) is 5.09. The number of carbonyl (C=O) groups excluding carboxylic acids is 1. The number of urea groups is 1. The quantitative estimate of drug-likeness (QED) is 0.890. The third kappa shape index (κ3) is 3.62. The lowest BCUT2D eigenvalue weighted by atomic mass is 10.1. The Hall–Kier alpha value is -1.30. The van der Waals surface area contributed by atoms with Crippen LogP contribution in [-0.4, -0.2) is 47.9 Å². The fraction of sp³-hybridized carbons (Fsp3) is 0.588. The van der Waals surface area contributed by atoms with Gasteiger partial charge in [-0.2, -0.15) is 0 Å². The second-order valence-electron chi connectivity index (χ2n) is 6.36. The van der Waals surface area contributed by atoms with Crippen LogP contribution in [0.15, 0.2) is 18.2 Å². The van der Waals surface area contributed by atoms with E-state index in [1.807, 2.05) is 18.2 Å². The smallest absolute Gasteiger partial charge is 0.318 e. The zero-order chi connectivity index (χ0) is 16.4. The molecule has 1 aliphatic heterocycles. The summed E-state index contributed by atoms with van der Waals surface area (Å²) < 4.78 is 5.46. The van der Waals surface area contributed by atoms with Crippen LogP contribution in [0.25, 0.3) is 0 Å². The molecule has 1 saturated heterocycles. The van der Waals surface area contributed by atoms with Crippen molar-refractivity contribution in [2.75, 3.05) is 19.8 Å². The van der Waals surface area contributed by atoms with Crippen molar-refractivity contribution >= 4 is 17.6 Å². The summed E-state index contributed by atoms with van der Waals surface area (Å²) >= 11 is 6.23. The van der Waals surface area contributed by atoms with E-state index in [0.29, 0.717) is 26.2 Å². The molecular weight excluding hydrogens is 316 g/mol. The van der Waals surface area contributed by atoms with Gasteiger partial charge in [0.1, 0.15) is 0 Å². The summed E-state index contributed by atoms with van der Waals surface area (Å²) in [6.07, 6.45) is 1.83. The van der Waals surface area contributed by atoms with Crippen molar-refractivity contribution in [1.82, 2.24) is 10.2 Å². The standard InChI is InChI=1S/C17H23ClN2O3/c1-11(21)9-12-10-23-8-7-20(12)17(22)19-16-6-5-13-14(16)3-2-4-15(13)18/h2-4,11-12,16,21H,5-10H2,1H3,(H,19,22)/t11-,12+,16-/m0/s1. The Morgan fingerprint density at radius 1 is 1.57 bits per heavy atom. The first-order valence-corrected chi connectivity index (χ1v) is 8.54. The molecule has 0 saturated carbocycles. The number of halogens is 1. The number of nitrogens with zero attached hydrogens (tertiary/aromatic N) is 1. The normalized spacial score (nSPS) is 25.1. The number of fused-ring (bicyclic) bond motifs is 1. The van der Waals surface area contributed by atoms with E-state index in [4.69, 9.17) is 16.3 Å². The Balaban J connectivity index is 1.68. The molecule has 1 aromatic rings. The lowest BCUT2D eigenvalue weighted by Gasteiger charge is -2.37. The lowest BCUT2D eigenvalue weighted by Crippen LogP contribution is -2.53. The summed E-state index contributed by atoms with van der Waals surface area (Å²) in [5, 5.41) is 13.5. The molecule has 2 N–H and O–H groups in total. The summed E-state index contributed by atoms with van der Waals surface area (Å²) in [6, 6.07) is 5.69. The van der Waals surface area contributed by atoms with Gasteiger partial charge in [-0.25, -0.2) is 4.79 Å². The van der Waals surface area contributed by atoms with Gasteiger partial charge in [-0.15, -0.1) is 0 Å². The zero-order valence-corrected chi connectivity index (χ0v) is 14.1. The van der Waals surface area contributed by atoms with E-state index < -0.39 is 6.10 Å². The average molecular weight is 339 g/mol. The van der Waals surface area contributed by atoms with Crippen LogP contribution in [0.5, 0.6) is 0 Å². The number of amides is 2. The van der Waals surface area contributed by atoms with Crippen LogP contribution in [0, 0.1) is 0 Å². The molecule has 0 spiro atoms. The molecule has 126 valence electrons. The van der Waals surface area contributed by atoms with Gasteiger partial charge in [0, 0.05) is 11.6 Å². The highest BCUT2D eigenvalue weighted by atomic mass is 35.5. The maximum absolute atomic E-state index is 12.7. The minimum Gasteiger partial charge on any atom is -0.393 e. The molecule has 0 radical (unpaired) electrons. The number of aliphatic hydroxyl groups is 1. The molecule has 3 rings (SSSR count). The number of rotatable bonds is 3. The van der Waals surface area contributed by atoms with Crippen molar-refractivity contribution in [3.05, 3.63) is 34.3 Å². The second kappa shape index (κ2) is 7.07. The molecule has 6 heteroatoms. The average Bonchev–Trinajstić information content (AvgIpc) is 2.92. The van der Waals surface area contributed by atoms with Gasteiger partial charge in [-0.3, -0.25) is 0 Å². The number of hydrogen-bond acceptors (Lipinski definition) is 3. The minimum absolute atomic E-state index is 0.00578. The first-order valence-electron chi connectivity index (χ1n) is 8.16. The first-order chi connectivity index (χ1) is 11.1. The molecule has 23 heavy (non-hydrogen) atoms. The molecular formula is C17H23ClN2O3. The summed E-state index contributed by atoms with van der Waals surface area (Å²) in [7, 11) is 0. The highest BCUT2D eigenvalue weighted by molar-refractivity contribution is 6.31. The third-order valence-corrected chi connectivity index (χ3v) is 4.97. The molecule has 5 nitrogen and oxygen atoms in total. The fourth-order valence-corrected chi connectivity index (χ4v) is 3.78. The summed E-state index contributed by atoms with van der Waals surface area (Å²) in [6.45, 7) is 3.31. The van der Waals surface area contributed by atoms with E-state index >= 15 is 0 Å². The fourth-order valence-electron chi connectivity index (χ4n) is 3.50. The molecule has 0 bridgehead atoms. The van der Waals surface area contributed by atoms with Gasteiger partial charge in [0.25, 0.3) is 0 Å². The Bertz CT molecular complexity index is 579. The third-order valence-electron chi connectivity index (χ3n) is 4.61. The van der Waals surface area contributed by atoms with Gasteiger partial charge in [-0.1, -0.05) is 23.7 Å². The van der Waals surface area contributed by atoms with E-state index in [2.05, 4.69) is 5.32 Å². The first kappa shape index (κ1) is 16.6. The minimum atomic E-state index is -0.456. The highest BCUT2D eigenvalue weighted by Gasteiger charge is 2.31. The molecule has 1 aromatic carbocycles. The van der Waals surface area contributed by atoms with Gasteiger partial charge in [0.2, 0.25) is 0 Å². The van der Waals surface area contributed by atoms with Crippen LogP contribution in [0.3, 0.4) is 0 Å². The van der Waals surface area contributed by atoms with E-state index in [9.17, 15) is 9.90 Å². The van der Waals surface area contributed by atoms with Crippen molar-refractivity contribution in [2.45, 2.75) is 44.4 Å². The van der Waals surface area contributed by atoms with Gasteiger partial charge in [-0.05, 0) is 43.4 Å². The Labute approximate surface area is 141 Å². The van der Waals surface area contributed by atoms with E-state index in [1.165, 1.54) is 0 Å². The van der Waals surface area contributed by atoms with Crippen LogP contribution in [0.1, 0.15) is 36.9 Å². The molecule has 2 amide bonds. The van der Waals surface area contributed by atoms with Crippen LogP contribution in [-0.2, 0) is 11.2 Å². The molecule has 3 atom stereocenters. The van der Waals surface area contributed by atoms with Crippen LogP contribution in [0.4, 0.5) is 4.79 Å². The summed E-state index contributed by atoms with van der Waals surface area (Å²) in [5.74, 6) is 0. The number of hydrogen-bond donors (Lipinski definition) is 2. The molecule has 1 heterocycles. The zero-order valence-electron chi connectivity index (χ0n) is 13.3. The summed E-state index contributed by atoms with van der Waals surface area (Å²) in [4.78, 5) is 14.5. The van der Waals surface area contributed by atoms with Gasteiger partial charge >= 0.3 is 6.03 Å². The van der Waals surface area contributed by atoms with Crippen LogP contribution >= 0.6 is 11.6 Å². The maximum atomic E-state index is 12.7. The van der Waals surface area contributed by atoms with E-state index in [0.717, 1.165) is 29.0 Å². The molecule has 1 fully saturated rings. The van der Waals surface area contributed by atoms with Gasteiger partial charge in [0.05, 0.1) is 31.4 Å². The van der Waals surface area contributed by atoms with Gasteiger partial charge < -0.3 is 20.1 Å². The number of carbonyl (C=O) groups is 1. The Morgan fingerprint density at radius 2 is 2.39 bits per heavy atom. The molecule has 2 aliphatic rings. The number of nitrogens with one attached hydrogen (secondary N) is 1. The molecule has 0 unspecified atom stereocenters.